The Bertz CT molecular complexity index is 689. The fourth-order valence-corrected chi connectivity index (χ4v) is 3.00. The molecule has 126 valence electrons. The zero-order valence-electron chi connectivity index (χ0n) is 11.3. The summed E-state index contributed by atoms with van der Waals surface area (Å²) in [4.78, 5) is 26.8. The summed E-state index contributed by atoms with van der Waals surface area (Å²) in [5.41, 5.74) is 1.96. The summed E-state index contributed by atoms with van der Waals surface area (Å²) in [6.07, 6.45) is 1.26. The molecule has 2 fully saturated rings. The highest BCUT2D eigenvalue weighted by Crippen LogP contribution is 2.30. The van der Waals surface area contributed by atoms with Crippen molar-refractivity contribution in [3.05, 3.63) is 0 Å². The summed E-state index contributed by atoms with van der Waals surface area (Å²) in [6.45, 7) is 0.0192. The van der Waals surface area contributed by atoms with Crippen molar-refractivity contribution in [2.24, 2.45) is 0 Å². The predicted octanol–water partition coefficient (Wildman–Crippen LogP) is -2.43. The van der Waals surface area contributed by atoms with Gasteiger partial charge in [-0.3, -0.25) is 14.8 Å². The molecule has 12 nitrogen and oxygen atoms in total. The second-order valence-electron chi connectivity index (χ2n) is 4.87. The highest BCUT2D eigenvalue weighted by atomic mass is 32.3. The third-order valence-electron chi connectivity index (χ3n) is 3.16. The lowest BCUT2D eigenvalue weighted by molar-refractivity contribution is -0.126. The van der Waals surface area contributed by atoms with Crippen LogP contribution in [0, 0.1) is 0 Å². The average molecular weight is 358 g/mol. The molecule has 0 saturated carbocycles. The number of hydroxylamine groups is 2. The first kappa shape index (κ1) is 16.9. The van der Waals surface area contributed by atoms with Gasteiger partial charge in [0.05, 0.1) is 12.3 Å². The molecule has 14 heteroatoms. The van der Waals surface area contributed by atoms with Gasteiger partial charge in [-0.25, -0.2) is 13.2 Å². The Hall–Kier alpha value is -1.48. The van der Waals surface area contributed by atoms with Crippen LogP contribution in [0.25, 0.3) is 0 Å². The van der Waals surface area contributed by atoms with Gasteiger partial charge in [0.25, 0.3) is 5.91 Å². The van der Waals surface area contributed by atoms with Gasteiger partial charge in [-0.05, 0) is 12.8 Å². The summed E-state index contributed by atoms with van der Waals surface area (Å²) in [7, 11) is -8.51. The molecule has 0 aromatic carbocycles. The Balaban J connectivity index is 2.07. The van der Waals surface area contributed by atoms with Crippen molar-refractivity contribution in [3.8, 4) is 0 Å². The standard InChI is InChI=1S/C8H14N4O8S2/c1-21(15,16)10-9-7(13)6-3-2-5-4-11(6)8(14)12(5)20-22(17,18)19/h5-6,10H,2-4H2,1H3,(H,9,13)(H,17,18,19)/t5-,6+/m0/s1. The van der Waals surface area contributed by atoms with Gasteiger partial charge in [-0.1, -0.05) is 0 Å². The molecule has 0 spiro atoms. The molecular weight excluding hydrogens is 344 g/mol. The number of amides is 3. The number of hydrogen-bond acceptors (Lipinski definition) is 7. The first-order valence-electron chi connectivity index (χ1n) is 6.01. The van der Waals surface area contributed by atoms with Crippen LogP contribution in [0.15, 0.2) is 0 Å². The first-order valence-corrected chi connectivity index (χ1v) is 9.27. The Labute approximate surface area is 126 Å². The van der Waals surface area contributed by atoms with E-state index in [1.54, 1.807) is 4.83 Å². The highest BCUT2D eigenvalue weighted by Gasteiger charge is 2.49. The highest BCUT2D eigenvalue weighted by molar-refractivity contribution is 7.88. The number of nitrogens with zero attached hydrogens (tertiary/aromatic N) is 2. The van der Waals surface area contributed by atoms with Crippen molar-refractivity contribution >= 4 is 32.4 Å². The first-order chi connectivity index (χ1) is 9.98. The van der Waals surface area contributed by atoms with Crippen molar-refractivity contribution in [1.29, 1.82) is 0 Å². The number of piperidine rings is 1. The van der Waals surface area contributed by atoms with Crippen LogP contribution in [-0.4, -0.2) is 68.2 Å². The van der Waals surface area contributed by atoms with E-state index in [9.17, 15) is 26.4 Å². The third kappa shape index (κ3) is 3.83. The van der Waals surface area contributed by atoms with E-state index in [4.69, 9.17) is 4.55 Å². The van der Waals surface area contributed by atoms with Crippen LogP contribution in [0.4, 0.5) is 4.79 Å². The van der Waals surface area contributed by atoms with Crippen molar-refractivity contribution in [3.63, 3.8) is 0 Å². The van der Waals surface area contributed by atoms with E-state index >= 15 is 0 Å². The van der Waals surface area contributed by atoms with E-state index in [1.165, 1.54) is 0 Å². The van der Waals surface area contributed by atoms with E-state index < -0.39 is 44.4 Å². The van der Waals surface area contributed by atoms with Gasteiger partial charge in [0, 0.05) is 6.54 Å². The SMILES string of the molecule is CS(=O)(=O)NNC(=O)[C@H]1CC[C@H]2CN1C(=O)N2OS(=O)(=O)O. The monoisotopic (exact) mass is 358 g/mol. The number of carbonyl (C=O) groups is 2. The van der Waals surface area contributed by atoms with Crippen LogP contribution in [0.1, 0.15) is 12.8 Å². The smallest absolute Gasteiger partial charge is 0.309 e. The third-order valence-corrected chi connectivity index (χ3v) is 3.98. The maximum atomic E-state index is 12.0. The van der Waals surface area contributed by atoms with Gasteiger partial charge < -0.3 is 4.90 Å². The molecule has 0 aromatic heterocycles. The second-order valence-corrected chi connectivity index (χ2v) is 7.63. The van der Waals surface area contributed by atoms with E-state index in [-0.39, 0.29) is 19.4 Å². The number of urea groups is 1. The number of rotatable bonds is 5. The molecule has 3 N–H and O–H groups in total. The normalized spacial score (nSPS) is 25.5. The second kappa shape index (κ2) is 5.62. The summed E-state index contributed by atoms with van der Waals surface area (Å²) in [5.74, 6) is -0.758. The molecule has 0 radical (unpaired) electrons. The number of carbonyl (C=O) groups excluding carboxylic acids is 2. The molecule has 2 heterocycles. The molecule has 2 rings (SSSR count). The van der Waals surface area contributed by atoms with Gasteiger partial charge in [-0.15, -0.1) is 9.11 Å². The lowest BCUT2D eigenvalue weighted by Crippen LogP contribution is -2.53. The summed E-state index contributed by atoms with van der Waals surface area (Å²) >= 11 is 0. The number of sulfonamides is 1. The van der Waals surface area contributed by atoms with Crippen LogP contribution >= 0.6 is 0 Å². The lowest BCUT2D eigenvalue weighted by Gasteiger charge is -2.28. The maximum Gasteiger partial charge on any atom is 0.418 e. The molecule has 3 amide bonds. The molecule has 0 unspecified atom stereocenters. The minimum Gasteiger partial charge on any atom is -0.309 e. The molecule has 0 aliphatic carbocycles. The molecule has 2 bridgehead atoms. The molecule has 2 aliphatic rings. The van der Waals surface area contributed by atoms with Gasteiger partial charge >= 0.3 is 16.4 Å². The van der Waals surface area contributed by atoms with Gasteiger partial charge in [0.15, 0.2) is 0 Å². The number of fused-ring (bicyclic) bond motifs is 2. The van der Waals surface area contributed by atoms with Crippen LogP contribution in [0.5, 0.6) is 0 Å². The van der Waals surface area contributed by atoms with Crippen LogP contribution in [0.2, 0.25) is 0 Å². The minimum absolute atomic E-state index is 0.0192. The molecular formula is C8H14N4O8S2. The van der Waals surface area contributed by atoms with Gasteiger partial charge in [-0.2, -0.15) is 13.5 Å². The van der Waals surface area contributed by atoms with Gasteiger partial charge in [0.1, 0.15) is 6.04 Å². The van der Waals surface area contributed by atoms with E-state index in [0.717, 1.165) is 11.2 Å². The van der Waals surface area contributed by atoms with E-state index in [1.807, 2.05) is 5.43 Å². The van der Waals surface area contributed by atoms with Crippen molar-refractivity contribution in [2.45, 2.75) is 24.9 Å². The Kier molecular flexibility index (Phi) is 4.31. The Morgan fingerprint density at radius 3 is 2.50 bits per heavy atom. The molecule has 2 aliphatic heterocycles. The van der Waals surface area contributed by atoms with Crippen molar-refractivity contribution in [1.82, 2.24) is 20.2 Å². The minimum atomic E-state index is -4.86. The quantitative estimate of drug-likeness (QED) is 0.361. The summed E-state index contributed by atoms with van der Waals surface area (Å²) < 4.78 is 56.1. The predicted molar refractivity (Wildman–Crippen MR) is 69.5 cm³/mol. The van der Waals surface area contributed by atoms with E-state index in [0.29, 0.717) is 5.06 Å². The maximum absolute atomic E-state index is 12.0. The largest absolute Gasteiger partial charge is 0.418 e. The fourth-order valence-electron chi connectivity index (χ4n) is 2.33. The number of hydrogen-bond donors (Lipinski definition) is 3. The van der Waals surface area contributed by atoms with Gasteiger partial charge in [0.2, 0.25) is 10.0 Å². The Morgan fingerprint density at radius 2 is 1.95 bits per heavy atom. The van der Waals surface area contributed by atoms with Crippen molar-refractivity contribution < 1.29 is 35.3 Å². The summed E-state index contributed by atoms with van der Waals surface area (Å²) in [6, 6.07) is -2.51. The Morgan fingerprint density at radius 1 is 1.32 bits per heavy atom. The topological polar surface area (TPSA) is 162 Å². The van der Waals surface area contributed by atoms with Crippen molar-refractivity contribution in [2.75, 3.05) is 12.8 Å². The fraction of sp³-hybridized carbons (Fsp3) is 0.750. The molecule has 22 heavy (non-hydrogen) atoms. The lowest BCUT2D eigenvalue weighted by atomic mass is 10.0. The zero-order valence-corrected chi connectivity index (χ0v) is 12.9. The van der Waals surface area contributed by atoms with Crippen LogP contribution in [-0.2, 0) is 29.5 Å². The number of nitrogens with one attached hydrogen (secondary N) is 2. The van der Waals surface area contributed by atoms with Crippen LogP contribution in [0.3, 0.4) is 0 Å². The van der Waals surface area contributed by atoms with E-state index in [2.05, 4.69) is 4.28 Å². The average Bonchev–Trinajstić information content (AvgIpc) is 2.59. The molecule has 0 aromatic rings. The molecule has 2 saturated heterocycles. The summed E-state index contributed by atoms with van der Waals surface area (Å²) in [5, 5.41) is 0.493. The zero-order chi connectivity index (χ0) is 16.7. The molecule has 2 atom stereocenters. The number of hydrazine groups is 1. The van der Waals surface area contributed by atoms with Crippen LogP contribution < -0.4 is 10.3 Å².